The Morgan fingerprint density at radius 2 is 1.88 bits per heavy atom. The van der Waals surface area contributed by atoms with Gasteiger partial charge in [-0.2, -0.15) is 0 Å². The van der Waals surface area contributed by atoms with Gasteiger partial charge >= 0.3 is 5.97 Å². The second-order valence-electron chi connectivity index (χ2n) is 6.13. The van der Waals surface area contributed by atoms with E-state index in [-0.39, 0.29) is 24.6 Å². The molecule has 8 nitrogen and oxygen atoms in total. The van der Waals surface area contributed by atoms with Crippen LogP contribution in [0.5, 0.6) is 0 Å². The average Bonchev–Trinajstić information content (AvgIpc) is 2.57. The van der Waals surface area contributed by atoms with Crippen LogP contribution in [-0.2, 0) is 20.7 Å². The number of carbonyl (C=O) groups is 2. The Balaban J connectivity index is 2.91. The van der Waals surface area contributed by atoms with E-state index in [4.69, 9.17) is 4.74 Å². The summed E-state index contributed by atoms with van der Waals surface area (Å²) in [7, 11) is 5.07. The number of methoxy groups -OCH3 is 1. The molecule has 0 bridgehead atoms. The van der Waals surface area contributed by atoms with Crippen molar-refractivity contribution >= 4 is 17.6 Å². The molecular formula is C17H25N3O5. The van der Waals surface area contributed by atoms with Gasteiger partial charge in [-0.1, -0.05) is 25.1 Å². The highest BCUT2D eigenvalue weighted by Gasteiger charge is 2.24. The van der Waals surface area contributed by atoms with Crippen LogP contribution in [0.4, 0.5) is 5.69 Å². The van der Waals surface area contributed by atoms with Gasteiger partial charge in [0.1, 0.15) is 0 Å². The number of hydrogen-bond acceptors (Lipinski definition) is 6. The first-order valence-corrected chi connectivity index (χ1v) is 7.98. The fourth-order valence-corrected chi connectivity index (χ4v) is 2.36. The molecule has 0 spiro atoms. The van der Waals surface area contributed by atoms with Gasteiger partial charge in [0, 0.05) is 31.3 Å². The van der Waals surface area contributed by atoms with Crippen molar-refractivity contribution in [2.75, 3.05) is 40.8 Å². The van der Waals surface area contributed by atoms with Crippen molar-refractivity contribution in [2.45, 2.75) is 13.3 Å². The van der Waals surface area contributed by atoms with E-state index in [0.717, 1.165) is 0 Å². The van der Waals surface area contributed by atoms with Crippen LogP contribution in [0.25, 0.3) is 0 Å². The quantitative estimate of drug-likeness (QED) is 0.379. The van der Waals surface area contributed by atoms with Crippen LogP contribution in [0, 0.1) is 16.0 Å². The van der Waals surface area contributed by atoms with Crippen molar-refractivity contribution in [3.05, 3.63) is 39.9 Å². The molecule has 0 radical (unpaired) electrons. The van der Waals surface area contributed by atoms with Gasteiger partial charge in [0.05, 0.1) is 24.4 Å². The van der Waals surface area contributed by atoms with E-state index in [1.54, 1.807) is 30.0 Å². The molecule has 1 rings (SSSR count). The van der Waals surface area contributed by atoms with Gasteiger partial charge in [-0.15, -0.1) is 0 Å². The van der Waals surface area contributed by atoms with E-state index in [1.807, 2.05) is 19.0 Å². The summed E-state index contributed by atoms with van der Waals surface area (Å²) in [6.45, 7) is 2.94. The molecule has 0 aliphatic carbocycles. The first kappa shape index (κ1) is 20.6. The number of benzene rings is 1. The molecule has 1 atom stereocenters. The van der Waals surface area contributed by atoms with Crippen molar-refractivity contribution in [1.29, 1.82) is 0 Å². The molecule has 1 aromatic rings. The van der Waals surface area contributed by atoms with E-state index in [9.17, 15) is 19.7 Å². The van der Waals surface area contributed by atoms with Gasteiger partial charge in [-0.3, -0.25) is 19.7 Å². The molecule has 0 N–H and O–H groups in total. The Morgan fingerprint density at radius 1 is 1.24 bits per heavy atom. The van der Waals surface area contributed by atoms with Crippen molar-refractivity contribution in [2.24, 2.45) is 5.92 Å². The van der Waals surface area contributed by atoms with Gasteiger partial charge in [0.2, 0.25) is 5.91 Å². The summed E-state index contributed by atoms with van der Waals surface area (Å²) < 4.78 is 4.71. The zero-order valence-corrected chi connectivity index (χ0v) is 15.1. The van der Waals surface area contributed by atoms with E-state index in [0.29, 0.717) is 18.7 Å². The lowest BCUT2D eigenvalue weighted by Gasteiger charge is -2.26. The number of ether oxygens (including phenoxy) is 1. The lowest BCUT2D eigenvalue weighted by Crippen LogP contribution is -2.41. The number of carbonyl (C=O) groups excluding carboxylic acids is 2. The van der Waals surface area contributed by atoms with Crippen LogP contribution >= 0.6 is 0 Å². The highest BCUT2D eigenvalue weighted by molar-refractivity contribution is 5.81. The minimum atomic E-state index is -0.496. The molecule has 0 saturated heterocycles. The molecular weight excluding hydrogens is 326 g/mol. The summed E-state index contributed by atoms with van der Waals surface area (Å²) in [5.74, 6) is -1.12. The summed E-state index contributed by atoms with van der Waals surface area (Å²) in [4.78, 5) is 38.4. The number of nitro benzene ring substituents is 1. The Hall–Kier alpha value is -2.48. The molecule has 25 heavy (non-hydrogen) atoms. The topological polar surface area (TPSA) is 93.0 Å². The predicted octanol–water partition coefficient (Wildman–Crippen LogP) is 1.34. The monoisotopic (exact) mass is 351 g/mol. The molecule has 1 aromatic carbocycles. The zero-order valence-electron chi connectivity index (χ0n) is 15.1. The van der Waals surface area contributed by atoms with Crippen LogP contribution in [0.3, 0.4) is 0 Å². The Labute approximate surface area is 147 Å². The summed E-state index contributed by atoms with van der Waals surface area (Å²) in [6.07, 6.45) is -0.0848. The number of hydrogen-bond donors (Lipinski definition) is 0. The SMILES string of the molecule is COC(=O)C(C)CN(CCN(C)C)C(=O)Cc1ccccc1[N+](=O)[O-]. The lowest BCUT2D eigenvalue weighted by atomic mass is 10.1. The molecule has 0 aliphatic rings. The molecule has 138 valence electrons. The maximum absolute atomic E-state index is 12.7. The summed E-state index contributed by atoms with van der Waals surface area (Å²) in [5.41, 5.74) is 0.280. The van der Waals surface area contributed by atoms with Crippen molar-refractivity contribution in [3.8, 4) is 0 Å². The fourth-order valence-electron chi connectivity index (χ4n) is 2.36. The Kier molecular flexibility index (Phi) is 8.00. The van der Waals surface area contributed by atoms with Crippen LogP contribution in [-0.4, -0.2) is 67.4 Å². The molecule has 0 heterocycles. The minimum Gasteiger partial charge on any atom is -0.469 e. The van der Waals surface area contributed by atoms with E-state index in [2.05, 4.69) is 0 Å². The van der Waals surface area contributed by atoms with Gasteiger partial charge < -0.3 is 14.5 Å². The fraction of sp³-hybridized carbons (Fsp3) is 0.529. The second-order valence-corrected chi connectivity index (χ2v) is 6.13. The van der Waals surface area contributed by atoms with E-state index < -0.39 is 16.8 Å². The number of likely N-dealkylation sites (N-methyl/N-ethyl adjacent to an activating group) is 1. The molecule has 0 fully saturated rings. The maximum Gasteiger partial charge on any atom is 0.310 e. The highest BCUT2D eigenvalue weighted by Crippen LogP contribution is 2.19. The van der Waals surface area contributed by atoms with Crippen molar-refractivity contribution in [1.82, 2.24) is 9.80 Å². The van der Waals surface area contributed by atoms with Gasteiger partial charge in [-0.25, -0.2) is 0 Å². The van der Waals surface area contributed by atoms with Gasteiger partial charge in [0.25, 0.3) is 5.69 Å². The molecule has 0 saturated carbocycles. The molecule has 1 amide bonds. The van der Waals surface area contributed by atoms with E-state index in [1.165, 1.54) is 13.2 Å². The second kappa shape index (κ2) is 9.73. The van der Waals surface area contributed by atoms with Crippen LogP contribution in [0.15, 0.2) is 24.3 Å². The first-order valence-electron chi connectivity index (χ1n) is 7.98. The standard InChI is InChI=1S/C17H25N3O5/c1-13(17(22)25-4)12-19(10-9-18(2)3)16(21)11-14-7-5-6-8-15(14)20(23)24/h5-8,13H,9-12H2,1-4H3. The van der Waals surface area contributed by atoms with Gasteiger partial charge in [-0.05, 0) is 14.1 Å². The first-order chi connectivity index (χ1) is 11.8. The number of esters is 1. The number of nitro groups is 1. The van der Waals surface area contributed by atoms with Crippen molar-refractivity contribution < 1.29 is 19.2 Å². The normalized spacial score (nSPS) is 11.9. The number of nitrogens with zero attached hydrogens (tertiary/aromatic N) is 3. The average molecular weight is 351 g/mol. The Bertz CT molecular complexity index is 618. The van der Waals surface area contributed by atoms with Crippen molar-refractivity contribution in [3.63, 3.8) is 0 Å². The maximum atomic E-state index is 12.7. The lowest BCUT2D eigenvalue weighted by molar-refractivity contribution is -0.385. The molecule has 0 aliphatic heterocycles. The smallest absolute Gasteiger partial charge is 0.310 e. The molecule has 8 heteroatoms. The van der Waals surface area contributed by atoms with Crippen LogP contribution < -0.4 is 0 Å². The van der Waals surface area contributed by atoms with E-state index >= 15 is 0 Å². The third-order valence-corrected chi connectivity index (χ3v) is 3.80. The highest BCUT2D eigenvalue weighted by atomic mass is 16.6. The van der Waals surface area contributed by atoms with Gasteiger partial charge in [0.15, 0.2) is 0 Å². The molecule has 0 aromatic heterocycles. The number of amides is 1. The minimum absolute atomic E-state index is 0.0792. The summed E-state index contributed by atoms with van der Waals surface area (Å²) in [6, 6.07) is 6.18. The van der Waals surface area contributed by atoms with Crippen LogP contribution in [0.1, 0.15) is 12.5 Å². The third-order valence-electron chi connectivity index (χ3n) is 3.80. The Morgan fingerprint density at radius 3 is 2.44 bits per heavy atom. The summed E-state index contributed by atoms with van der Waals surface area (Å²) >= 11 is 0. The molecule has 1 unspecified atom stereocenters. The number of para-hydroxylation sites is 1. The summed E-state index contributed by atoms with van der Waals surface area (Å²) in [5, 5.41) is 11.1. The van der Waals surface area contributed by atoms with Crippen LogP contribution in [0.2, 0.25) is 0 Å². The third kappa shape index (κ3) is 6.50. The number of rotatable bonds is 9. The largest absolute Gasteiger partial charge is 0.469 e. The predicted molar refractivity (Wildman–Crippen MR) is 93.1 cm³/mol. The zero-order chi connectivity index (χ0) is 19.0.